The number of ether oxygens (including phenoxy) is 3. The molecule has 0 radical (unpaired) electrons. The normalized spacial score (nSPS) is 13.8. The molecule has 0 aromatic heterocycles. The molecule has 38 heavy (non-hydrogen) atoms. The highest BCUT2D eigenvalue weighted by molar-refractivity contribution is 6.07. The molecule has 2 aromatic carbocycles. The third kappa shape index (κ3) is 7.79. The first kappa shape index (κ1) is 28.2. The van der Waals surface area contributed by atoms with Crippen molar-refractivity contribution in [1.82, 2.24) is 5.32 Å². The van der Waals surface area contributed by atoms with E-state index in [4.69, 9.17) is 19.6 Å². The molecule has 1 heterocycles. The van der Waals surface area contributed by atoms with Gasteiger partial charge < -0.3 is 14.2 Å². The molecule has 202 valence electrons. The highest BCUT2D eigenvalue weighted by Crippen LogP contribution is 2.26. The molecule has 0 saturated carbocycles. The summed E-state index contributed by atoms with van der Waals surface area (Å²) in [5, 5.41) is 10.3. The quantitative estimate of drug-likeness (QED) is 0.219. The van der Waals surface area contributed by atoms with E-state index in [1.54, 1.807) is 34.1 Å². The van der Waals surface area contributed by atoms with Crippen LogP contribution in [-0.4, -0.2) is 55.4 Å². The number of amides is 3. The Morgan fingerprint density at radius 1 is 0.895 bits per heavy atom. The van der Waals surface area contributed by atoms with Crippen molar-refractivity contribution in [1.29, 1.82) is 5.41 Å². The Balaban J connectivity index is 1.55. The molecular weight excluding hydrogens is 492 g/mol. The molecule has 2 N–H and O–H groups in total. The minimum Gasteiger partial charge on any atom is -0.463 e. The Morgan fingerprint density at radius 2 is 1.45 bits per heavy atom. The van der Waals surface area contributed by atoms with Gasteiger partial charge in [0.15, 0.2) is 0 Å². The first-order chi connectivity index (χ1) is 18.0. The first-order valence-electron chi connectivity index (χ1n) is 12.2. The van der Waals surface area contributed by atoms with Crippen molar-refractivity contribution in [2.24, 2.45) is 0 Å². The number of amidine groups is 1. The van der Waals surface area contributed by atoms with Crippen molar-refractivity contribution in [3.05, 3.63) is 59.7 Å². The van der Waals surface area contributed by atoms with Crippen molar-refractivity contribution in [3.63, 3.8) is 0 Å². The van der Waals surface area contributed by atoms with Gasteiger partial charge in [-0.2, -0.15) is 0 Å². The Labute approximate surface area is 221 Å². The summed E-state index contributed by atoms with van der Waals surface area (Å²) in [7, 11) is 0. The maximum absolute atomic E-state index is 13.1. The smallest absolute Gasteiger partial charge is 0.415 e. The molecule has 1 unspecified atom stereocenters. The average molecular weight is 525 g/mol. The van der Waals surface area contributed by atoms with E-state index in [0.717, 1.165) is 11.3 Å². The Kier molecular flexibility index (Phi) is 9.42. The van der Waals surface area contributed by atoms with Crippen molar-refractivity contribution in [2.45, 2.75) is 52.9 Å². The van der Waals surface area contributed by atoms with Crippen LogP contribution in [0.15, 0.2) is 48.5 Å². The molecule has 1 saturated heterocycles. The lowest BCUT2D eigenvalue weighted by Gasteiger charge is -2.19. The third-order valence-corrected chi connectivity index (χ3v) is 5.54. The number of hydrogen-bond acceptors (Lipinski definition) is 8. The molecule has 1 aliphatic rings. The van der Waals surface area contributed by atoms with Gasteiger partial charge >= 0.3 is 24.1 Å². The van der Waals surface area contributed by atoms with Gasteiger partial charge in [0.1, 0.15) is 5.84 Å². The molecule has 2 aromatic rings. The lowest BCUT2D eigenvalue weighted by molar-refractivity contribution is -0.161. The summed E-state index contributed by atoms with van der Waals surface area (Å²) in [5.41, 5.74) is 2.80. The monoisotopic (exact) mass is 524 g/mol. The van der Waals surface area contributed by atoms with Crippen LogP contribution in [0.1, 0.15) is 45.2 Å². The number of carbonyl (C=O) groups excluding carboxylic acids is 4. The molecule has 3 rings (SSSR count). The summed E-state index contributed by atoms with van der Waals surface area (Å²) >= 11 is 0. The van der Waals surface area contributed by atoms with Crippen LogP contribution >= 0.6 is 0 Å². The van der Waals surface area contributed by atoms with E-state index in [1.165, 1.54) is 13.8 Å². The van der Waals surface area contributed by atoms with Gasteiger partial charge in [-0.1, -0.05) is 12.1 Å². The number of rotatable bonds is 9. The maximum atomic E-state index is 13.1. The summed E-state index contributed by atoms with van der Waals surface area (Å²) < 4.78 is 14.7. The van der Waals surface area contributed by atoms with E-state index in [9.17, 15) is 19.2 Å². The Morgan fingerprint density at radius 3 is 1.97 bits per heavy atom. The fraction of sp³-hybridized carbons (Fsp3) is 0.370. The number of anilines is 2. The van der Waals surface area contributed by atoms with Gasteiger partial charge in [0.2, 0.25) is 6.29 Å². The second-order valence-corrected chi connectivity index (χ2v) is 8.92. The summed E-state index contributed by atoms with van der Waals surface area (Å²) in [6, 6.07) is 14.0. The molecule has 11 heteroatoms. The lowest BCUT2D eigenvalue weighted by Crippen LogP contribution is -2.34. The maximum Gasteiger partial charge on any atom is 0.415 e. The number of nitrogens with one attached hydrogen (secondary N) is 2. The molecule has 0 spiro atoms. The predicted octanol–water partition coefficient (Wildman–Crippen LogP) is 3.98. The Hall–Kier alpha value is -4.41. The predicted molar refractivity (Wildman–Crippen MR) is 140 cm³/mol. The number of nitrogens with zero attached hydrogens (tertiary/aromatic N) is 2. The number of carbonyl (C=O) groups is 4. The fourth-order valence-electron chi connectivity index (χ4n) is 3.85. The largest absolute Gasteiger partial charge is 0.463 e. The van der Waals surface area contributed by atoms with Crippen molar-refractivity contribution < 1.29 is 33.4 Å². The number of aryl methyl sites for hydroxylation is 1. The zero-order valence-electron chi connectivity index (χ0n) is 21.9. The number of alkyl carbamates (subject to hydrolysis) is 1. The second kappa shape index (κ2) is 12.7. The molecule has 1 atom stereocenters. The second-order valence-electron chi connectivity index (χ2n) is 8.92. The number of urea groups is 1. The standard InChI is InChI=1S/C27H32N4O7/c1-17(2)36-24(33)14-7-20-5-10-22(11-6-20)30-15-16-31(27(30)35)23-12-8-21(9-13-23)25(28)29-26(34)38-19(4)37-18(3)32/h5-6,8-13,17,19H,7,14-16H2,1-4H3,(H2,28,29,34). The fourth-order valence-corrected chi connectivity index (χ4v) is 3.85. The van der Waals surface area contributed by atoms with E-state index in [2.05, 4.69) is 5.32 Å². The van der Waals surface area contributed by atoms with Gasteiger partial charge in [-0.05, 0) is 62.2 Å². The van der Waals surface area contributed by atoms with Crippen LogP contribution in [0.4, 0.5) is 21.0 Å². The van der Waals surface area contributed by atoms with Crippen LogP contribution in [-0.2, 0) is 30.2 Å². The van der Waals surface area contributed by atoms with Crippen LogP contribution < -0.4 is 15.1 Å². The number of esters is 2. The summed E-state index contributed by atoms with van der Waals surface area (Å²) in [6.45, 7) is 7.20. The van der Waals surface area contributed by atoms with E-state index in [0.29, 0.717) is 37.2 Å². The topological polar surface area (TPSA) is 138 Å². The summed E-state index contributed by atoms with van der Waals surface area (Å²) in [4.78, 5) is 51.0. The summed E-state index contributed by atoms with van der Waals surface area (Å²) in [6.07, 6.45) is -1.30. The van der Waals surface area contributed by atoms with Crippen molar-refractivity contribution in [3.8, 4) is 0 Å². The van der Waals surface area contributed by atoms with E-state index in [-0.39, 0.29) is 23.9 Å². The number of benzene rings is 2. The zero-order valence-corrected chi connectivity index (χ0v) is 21.9. The summed E-state index contributed by atoms with van der Waals surface area (Å²) in [5.74, 6) is -1.03. The van der Waals surface area contributed by atoms with Gasteiger partial charge in [0.25, 0.3) is 0 Å². The minimum atomic E-state index is -1.09. The van der Waals surface area contributed by atoms with E-state index in [1.807, 2.05) is 38.1 Å². The first-order valence-corrected chi connectivity index (χ1v) is 12.2. The van der Waals surface area contributed by atoms with Crippen molar-refractivity contribution in [2.75, 3.05) is 22.9 Å². The van der Waals surface area contributed by atoms with Gasteiger partial charge in [-0.15, -0.1) is 0 Å². The molecule has 1 fully saturated rings. The van der Waals surface area contributed by atoms with Gasteiger partial charge in [0.05, 0.1) is 6.10 Å². The molecule has 0 aliphatic carbocycles. The molecular formula is C27H32N4O7. The van der Waals surface area contributed by atoms with Gasteiger partial charge in [-0.25, -0.2) is 9.59 Å². The van der Waals surface area contributed by atoms with Crippen LogP contribution in [0.5, 0.6) is 0 Å². The average Bonchev–Trinajstić information content (AvgIpc) is 3.23. The minimum absolute atomic E-state index is 0.137. The van der Waals surface area contributed by atoms with Crippen molar-refractivity contribution >= 4 is 41.3 Å². The molecule has 11 nitrogen and oxygen atoms in total. The molecule has 3 amide bonds. The molecule has 0 bridgehead atoms. The van der Waals surface area contributed by atoms with E-state index >= 15 is 0 Å². The van der Waals surface area contributed by atoms with Gasteiger partial charge in [-0.3, -0.25) is 30.1 Å². The van der Waals surface area contributed by atoms with Gasteiger partial charge in [0, 0.05) is 50.3 Å². The van der Waals surface area contributed by atoms with Crippen LogP contribution in [0.3, 0.4) is 0 Å². The highest BCUT2D eigenvalue weighted by atomic mass is 16.7. The van der Waals surface area contributed by atoms with Crippen LogP contribution in [0, 0.1) is 5.41 Å². The highest BCUT2D eigenvalue weighted by Gasteiger charge is 2.30. The number of hydrogen-bond donors (Lipinski definition) is 2. The zero-order chi connectivity index (χ0) is 27.8. The third-order valence-electron chi connectivity index (χ3n) is 5.54. The molecule has 1 aliphatic heterocycles. The van der Waals surface area contributed by atoms with Crippen LogP contribution in [0.2, 0.25) is 0 Å². The van der Waals surface area contributed by atoms with E-state index < -0.39 is 18.4 Å². The lowest BCUT2D eigenvalue weighted by atomic mass is 10.1. The Bertz CT molecular complexity index is 1180. The van der Waals surface area contributed by atoms with Crippen LogP contribution in [0.25, 0.3) is 0 Å². The SMILES string of the molecule is CC(=O)OC(C)OC(=O)NC(=N)c1ccc(N2CCN(c3ccc(CCC(=O)OC(C)C)cc3)C2=O)cc1.